The van der Waals surface area contributed by atoms with Gasteiger partial charge in [0.1, 0.15) is 0 Å². The molecule has 0 aliphatic heterocycles. The van der Waals surface area contributed by atoms with E-state index < -0.39 is 5.82 Å². The van der Waals surface area contributed by atoms with Crippen molar-refractivity contribution in [1.29, 1.82) is 0 Å². The number of phenols is 1. The Balaban J connectivity index is 1.92. The number of para-hydroxylation sites is 2. The highest BCUT2D eigenvalue weighted by molar-refractivity contribution is 5.90. The lowest BCUT2D eigenvalue weighted by atomic mass is 10.1. The summed E-state index contributed by atoms with van der Waals surface area (Å²) in [7, 11) is 0. The van der Waals surface area contributed by atoms with Crippen LogP contribution in [0.4, 0.5) is 10.1 Å². The molecule has 1 heterocycles. The number of hydrogen-bond acceptors (Lipinski definition) is 3. The highest BCUT2D eigenvalue weighted by Gasteiger charge is 2.07. The van der Waals surface area contributed by atoms with Crippen molar-refractivity contribution in [2.75, 3.05) is 5.32 Å². The lowest BCUT2D eigenvalue weighted by Crippen LogP contribution is -2.02. The van der Waals surface area contributed by atoms with E-state index in [1.54, 1.807) is 12.1 Å². The van der Waals surface area contributed by atoms with Crippen LogP contribution in [0.15, 0.2) is 48.5 Å². The molecule has 2 N–H and O–H groups in total. The van der Waals surface area contributed by atoms with Gasteiger partial charge in [0.2, 0.25) is 0 Å². The molecule has 0 atom stereocenters. The minimum Gasteiger partial charge on any atom is -0.505 e. The van der Waals surface area contributed by atoms with Gasteiger partial charge in [0.25, 0.3) is 0 Å². The monoisotopic (exact) mass is 282 g/mol. The third-order valence-corrected chi connectivity index (χ3v) is 3.40. The lowest BCUT2D eigenvalue weighted by molar-refractivity contribution is 0.427. The molecular weight excluding hydrogens is 267 g/mol. The Labute approximate surface area is 122 Å². The molecule has 0 saturated heterocycles. The molecule has 2 aromatic carbocycles. The number of anilines is 1. The van der Waals surface area contributed by atoms with Gasteiger partial charge in [-0.1, -0.05) is 30.3 Å². The molecule has 3 aromatic rings. The number of phenolic OH excluding ortho intramolecular Hbond substituents is 1. The molecule has 3 rings (SSSR count). The largest absolute Gasteiger partial charge is 0.505 e. The molecule has 3 nitrogen and oxygen atoms in total. The Bertz CT molecular complexity index is 802. The van der Waals surface area contributed by atoms with Gasteiger partial charge in [-0.25, -0.2) is 4.39 Å². The molecule has 0 fully saturated rings. The maximum absolute atomic E-state index is 13.3. The standard InChI is InChI=1S/C17H15FN2O/c1-11-8-9-12-4-3-7-15(16(12)20-11)19-10-13-5-2-6-14(18)17(13)21/h2-9,19,21H,10H2,1H3. The van der Waals surface area contributed by atoms with Crippen LogP contribution in [0.1, 0.15) is 11.3 Å². The number of benzene rings is 2. The summed E-state index contributed by atoms with van der Waals surface area (Å²) in [6, 6.07) is 14.3. The topological polar surface area (TPSA) is 45.1 Å². The Morgan fingerprint density at radius 1 is 1.10 bits per heavy atom. The SMILES string of the molecule is Cc1ccc2cccc(NCc3cccc(F)c3O)c2n1. The van der Waals surface area contributed by atoms with Gasteiger partial charge in [-0.3, -0.25) is 4.98 Å². The van der Waals surface area contributed by atoms with Crippen molar-refractivity contribution in [1.82, 2.24) is 4.98 Å². The molecule has 0 unspecified atom stereocenters. The molecule has 4 heteroatoms. The van der Waals surface area contributed by atoms with Crippen LogP contribution in [0.2, 0.25) is 0 Å². The molecule has 0 spiro atoms. The average Bonchev–Trinajstić information content (AvgIpc) is 2.49. The number of aromatic nitrogens is 1. The number of pyridine rings is 1. The zero-order valence-electron chi connectivity index (χ0n) is 11.6. The van der Waals surface area contributed by atoms with E-state index in [4.69, 9.17) is 0 Å². The number of rotatable bonds is 3. The highest BCUT2D eigenvalue weighted by atomic mass is 19.1. The molecule has 0 radical (unpaired) electrons. The predicted octanol–water partition coefficient (Wildman–Crippen LogP) is 4.00. The van der Waals surface area contributed by atoms with Crippen LogP contribution in [0.3, 0.4) is 0 Å². The fourth-order valence-electron chi connectivity index (χ4n) is 2.28. The highest BCUT2D eigenvalue weighted by Crippen LogP contribution is 2.25. The van der Waals surface area contributed by atoms with Gasteiger partial charge < -0.3 is 10.4 Å². The minimum absolute atomic E-state index is 0.311. The van der Waals surface area contributed by atoms with E-state index in [2.05, 4.69) is 10.3 Å². The van der Waals surface area contributed by atoms with Crippen molar-refractivity contribution in [2.45, 2.75) is 13.5 Å². The van der Waals surface area contributed by atoms with Crippen LogP contribution in [-0.2, 0) is 6.54 Å². The third kappa shape index (κ3) is 2.65. The first-order valence-electron chi connectivity index (χ1n) is 6.72. The van der Waals surface area contributed by atoms with Crippen molar-refractivity contribution < 1.29 is 9.50 Å². The van der Waals surface area contributed by atoms with E-state index in [0.29, 0.717) is 12.1 Å². The summed E-state index contributed by atoms with van der Waals surface area (Å²) in [6.07, 6.45) is 0. The van der Waals surface area contributed by atoms with Gasteiger partial charge in [-0.2, -0.15) is 0 Å². The number of nitrogens with one attached hydrogen (secondary N) is 1. The predicted molar refractivity (Wildman–Crippen MR) is 81.9 cm³/mol. The zero-order valence-corrected chi connectivity index (χ0v) is 11.6. The molecular formula is C17H15FN2O. The molecule has 1 aromatic heterocycles. The van der Waals surface area contributed by atoms with E-state index in [0.717, 1.165) is 22.3 Å². The van der Waals surface area contributed by atoms with Crippen LogP contribution >= 0.6 is 0 Å². The summed E-state index contributed by atoms with van der Waals surface area (Å²) in [5, 5.41) is 13.9. The number of halogens is 1. The summed E-state index contributed by atoms with van der Waals surface area (Å²) in [4.78, 5) is 4.53. The summed E-state index contributed by atoms with van der Waals surface area (Å²) < 4.78 is 13.3. The second-order valence-corrected chi connectivity index (χ2v) is 4.93. The van der Waals surface area contributed by atoms with Crippen molar-refractivity contribution in [3.8, 4) is 5.75 Å². The normalized spacial score (nSPS) is 10.8. The van der Waals surface area contributed by atoms with Gasteiger partial charge in [0, 0.05) is 23.2 Å². The van der Waals surface area contributed by atoms with E-state index in [1.807, 2.05) is 37.3 Å². The quantitative estimate of drug-likeness (QED) is 0.763. The number of fused-ring (bicyclic) bond motifs is 1. The van der Waals surface area contributed by atoms with Crippen LogP contribution in [0.5, 0.6) is 5.75 Å². The molecule has 0 aliphatic rings. The Morgan fingerprint density at radius 3 is 2.76 bits per heavy atom. The molecule has 0 saturated carbocycles. The van der Waals surface area contributed by atoms with Crippen LogP contribution in [-0.4, -0.2) is 10.1 Å². The molecule has 0 bridgehead atoms. The average molecular weight is 282 g/mol. The number of hydrogen-bond donors (Lipinski definition) is 2. The van der Waals surface area contributed by atoms with E-state index >= 15 is 0 Å². The minimum atomic E-state index is -0.610. The fourth-order valence-corrected chi connectivity index (χ4v) is 2.28. The fraction of sp³-hybridized carbons (Fsp3) is 0.118. The lowest BCUT2D eigenvalue weighted by Gasteiger charge is -2.11. The molecule has 0 aliphatic carbocycles. The Morgan fingerprint density at radius 2 is 1.90 bits per heavy atom. The van der Waals surface area contributed by atoms with Gasteiger partial charge in [-0.05, 0) is 25.1 Å². The van der Waals surface area contributed by atoms with Crippen molar-refractivity contribution >= 4 is 16.6 Å². The smallest absolute Gasteiger partial charge is 0.165 e. The molecule has 106 valence electrons. The molecule has 0 amide bonds. The van der Waals surface area contributed by atoms with Gasteiger partial charge in [0.15, 0.2) is 11.6 Å². The Kier molecular flexibility index (Phi) is 3.44. The van der Waals surface area contributed by atoms with Crippen LogP contribution in [0, 0.1) is 12.7 Å². The van der Waals surface area contributed by atoms with E-state index in [1.165, 1.54) is 6.07 Å². The van der Waals surface area contributed by atoms with Crippen molar-refractivity contribution in [3.63, 3.8) is 0 Å². The first-order valence-corrected chi connectivity index (χ1v) is 6.72. The van der Waals surface area contributed by atoms with Gasteiger partial charge in [0.05, 0.1) is 11.2 Å². The van der Waals surface area contributed by atoms with E-state index in [9.17, 15) is 9.50 Å². The van der Waals surface area contributed by atoms with Crippen molar-refractivity contribution in [2.24, 2.45) is 0 Å². The molecule has 21 heavy (non-hydrogen) atoms. The first-order chi connectivity index (χ1) is 10.1. The second-order valence-electron chi connectivity index (χ2n) is 4.93. The summed E-state index contributed by atoms with van der Waals surface area (Å²) >= 11 is 0. The second kappa shape index (κ2) is 5.40. The van der Waals surface area contributed by atoms with Crippen LogP contribution < -0.4 is 5.32 Å². The van der Waals surface area contributed by atoms with Crippen molar-refractivity contribution in [3.05, 3.63) is 65.6 Å². The van der Waals surface area contributed by atoms with Gasteiger partial charge in [-0.15, -0.1) is 0 Å². The van der Waals surface area contributed by atoms with Gasteiger partial charge >= 0.3 is 0 Å². The summed E-state index contributed by atoms with van der Waals surface area (Å²) in [5.41, 5.74) is 3.18. The summed E-state index contributed by atoms with van der Waals surface area (Å²) in [6.45, 7) is 2.27. The maximum Gasteiger partial charge on any atom is 0.165 e. The van der Waals surface area contributed by atoms with E-state index in [-0.39, 0.29) is 5.75 Å². The Hall–Kier alpha value is -2.62. The maximum atomic E-state index is 13.3. The number of nitrogens with zero attached hydrogens (tertiary/aromatic N) is 1. The number of aromatic hydroxyl groups is 1. The summed E-state index contributed by atoms with van der Waals surface area (Å²) in [5.74, 6) is -0.921. The third-order valence-electron chi connectivity index (χ3n) is 3.40. The number of aryl methyl sites for hydroxylation is 1. The zero-order chi connectivity index (χ0) is 14.8. The first kappa shape index (κ1) is 13.4. The van der Waals surface area contributed by atoms with Crippen LogP contribution in [0.25, 0.3) is 10.9 Å².